The molecule has 0 aromatic heterocycles. The van der Waals surface area contributed by atoms with Crippen molar-refractivity contribution < 1.29 is 0 Å². The van der Waals surface area contributed by atoms with Gasteiger partial charge in [-0.25, -0.2) is 0 Å². The Labute approximate surface area is 99.6 Å². The van der Waals surface area contributed by atoms with Crippen molar-refractivity contribution in [2.45, 2.75) is 63.5 Å². The molecule has 1 unspecified atom stereocenters. The summed E-state index contributed by atoms with van der Waals surface area (Å²) in [6.07, 6.45) is 9.92. The molecule has 2 N–H and O–H groups in total. The molecule has 0 amide bonds. The number of hydrogen-bond donors (Lipinski definition) is 1. The minimum absolute atomic E-state index is 0.379. The molecule has 3 aliphatic rings. The van der Waals surface area contributed by atoms with Crippen LogP contribution in [0.4, 0.5) is 0 Å². The molecule has 1 atom stereocenters. The van der Waals surface area contributed by atoms with Gasteiger partial charge in [-0.2, -0.15) is 0 Å². The minimum atomic E-state index is 0.379. The minimum Gasteiger partial charge on any atom is -0.329 e. The van der Waals surface area contributed by atoms with Crippen molar-refractivity contribution in [1.82, 2.24) is 4.90 Å². The van der Waals surface area contributed by atoms with Crippen LogP contribution in [0.3, 0.4) is 0 Å². The molecule has 3 saturated carbocycles. The Bertz CT molecular complexity index is 247. The number of hydrogen-bond acceptors (Lipinski definition) is 2. The number of rotatable bonds is 7. The lowest BCUT2D eigenvalue weighted by atomic mass is 9.87. The van der Waals surface area contributed by atoms with Crippen LogP contribution in [0.2, 0.25) is 0 Å². The third kappa shape index (κ3) is 1.91. The Morgan fingerprint density at radius 3 is 2.19 bits per heavy atom. The van der Waals surface area contributed by atoms with Crippen molar-refractivity contribution >= 4 is 0 Å². The Balaban J connectivity index is 1.76. The molecule has 0 aromatic carbocycles. The predicted molar refractivity (Wildman–Crippen MR) is 67.3 cm³/mol. The molecule has 0 saturated heterocycles. The Morgan fingerprint density at radius 2 is 1.81 bits per heavy atom. The van der Waals surface area contributed by atoms with Crippen molar-refractivity contribution in [3.8, 4) is 0 Å². The molecule has 0 aliphatic heterocycles. The highest BCUT2D eigenvalue weighted by atomic mass is 15.3. The smallest absolute Gasteiger partial charge is 0.0360 e. The summed E-state index contributed by atoms with van der Waals surface area (Å²) < 4.78 is 0. The molecule has 0 spiro atoms. The van der Waals surface area contributed by atoms with Gasteiger partial charge in [0.2, 0.25) is 0 Å². The van der Waals surface area contributed by atoms with E-state index in [1.807, 2.05) is 0 Å². The van der Waals surface area contributed by atoms with E-state index in [1.165, 1.54) is 51.5 Å². The highest BCUT2D eigenvalue weighted by molar-refractivity contribution is 5.07. The maximum atomic E-state index is 6.18. The molecule has 0 aromatic rings. The highest BCUT2D eigenvalue weighted by Crippen LogP contribution is 2.49. The maximum absolute atomic E-state index is 6.18. The van der Waals surface area contributed by atoms with Crippen LogP contribution >= 0.6 is 0 Å². The molecule has 92 valence electrons. The average molecular weight is 222 g/mol. The summed E-state index contributed by atoms with van der Waals surface area (Å²) in [6, 6.07) is 0.893. The Morgan fingerprint density at radius 1 is 1.12 bits per heavy atom. The molecule has 0 bridgehead atoms. The number of nitrogens with two attached hydrogens (primary N) is 1. The second kappa shape index (κ2) is 3.99. The Kier molecular flexibility index (Phi) is 2.75. The van der Waals surface area contributed by atoms with Crippen molar-refractivity contribution in [1.29, 1.82) is 0 Å². The molecule has 3 fully saturated rings. The first-order chi connectivity index (χ1) is 7.80. The van der Waals surface area contributed by atoms with Crippen molar-refractivity contribution in [3.63, 3.8) is 0 Å². The van der Waals surface area contributed by atoms with E-state index in [-0.39, 0.29) is 0 Å². The summed E-state index contributed by atoms with van der Waals surface area (Å²) in [5, 5.41) is 0. The first-order valence-corrected chi connectivity index (χ1v) is 7.27. The van der Waals surface area contributed by atoms with Gasteiger partial charge in [-0.1, -0.05) is 6.92 Å². The van der Waals surface area contributed by atoms with E-state index in [4.69, 9.17) is 5.73 Å². The van der Waals surface area contributed by atoms with Gasteiger partial charge in [-0.15, -0.1) is 0 Å². The van der Waals surface area contributed by atoms with Crippen LogP contribution in [-0.4, -0.2) is 29.6 Å². The summed E-state index contributed by atoms with van der Waals surface area (Å²) in [7, 11) is 0. The normalized spacial score (nSPS) is 29.4. The zero-order valence-corrected chi connectivity index (χ0v) is 10.6. The maximum Gasteiger partial charge on any atom is 0.0360 e. The Hall–Kier alpha value is -0.0800. The van der Waals surface area contributed by atoms with E-state index in [2.05, 4.69) is 11.8 Å². The third-order valence-electron chi connectivity index (χ3n) is 5.01. The lowest BCUT2D eigenvalue weighted by Gasteiger charge is -2.44. The molecule has 0 heterocycles. The van der Waals surface area contributed by atoms with Gasteiger partial charge < -0.3 is 5.73 Å². The van der Waals surface area contributed by atoms with Gasteiger partial charge in [0.05, 0.1) is 0 Å². The highest BCUT2D eigenvalue weighted by Gasteiger charge is 2.51. The van der Waals surface area contributed by atoms with Crippen LogP contribution in [0.5, 0.6) is 0 Å². The summed E-state index contributed by atoms with van der Waals surface area (Å²) in [6.45, 7) is 4.59. The molecule has 16 heavy (non-hydrogen) atoms. The molecule has 2 nitrogen and oxygen atoms in total. The second-order valence-electron chi connectivity index (χ2n) is 6.26. The van der Waals surface area contributed by atoms with E-state index in [0.717, 1.165) is 24.4 Å². The fourth-order valence-corrected chi connectivity index (χ4v) is 3.43. The van der Waals surface area contributed by atoms with E-state index >= 15 is 0 Å². The van der Waals surface area contributed by atoms with Crippen LogP contribution in [0.1, 0.15) is 51.9 Å². The van der Waals surface area contributed by atoms with Crippen molar-refractivity contribution in [3.05, 3.63) is 0 Å². The molecular weight excluding hydrogens is 196 g/mol. The van der Waals surface area contributed by atoms with Gasteiger partial charge in [0.25, 0.3) is 0 Å². The molecular formula is C14H26N2. The van der Waals surface area contributed by atoms with Crippen molar-refractivity contribution in [2.24, 2.45) is 17.6 Å². The summed E-state index contributed by atoms with van der Waals surface area (Å²) >= 11 is 0. The largest absolute Gasteiger partial charge is 0.329 e. The first kappa shape index (κ1) is 11.0. The van der Waals surface area contributed by atoms with Crippen LogP contribution in [0, 0.1) is 11.8 Å². The van der Waals surface area contributed by atoms with Gasteiger partial charge in [0.15, 0.2) is 0 Å². The fourth-order valence-electron chi connectivity index (χ4n) is 3.43. The lowest BCUT2D eigenvalue weighted by Crippen LogP contribution is -2.57. The van der Waals surface area contributed by atoms with Crippen LogP contribution in [0.15, 0.2) is 0 Å². The van der Waals surface area contributed by atoms with Crippen LogP contribution in [-0.2, 0) is 0 Å². The van der Waals surface area contributed by atoms with Gasteiger partial charge in [0, 0.05) is 24.7 Å². The molecule has 2 heteroatoms. The number of nitrogens with zero attached hydrogens (tertiary/aromatic N) is 1. The molecule has 3 rings (SSSR count). The van der Waals surface area contributed by atoms with Gasteiger partial charge in [-0.05, 0) is 56.8 Å². The molecule has 0 radical (unpaired) electrons. The zero-order chi connectivity index (χ0) is 11.2. The van der Waals surface area contributed by atoms with Crippen LogP contribution < -0.4 is 5.73 Å². The van der Waals surface area contributed by atoms with Gasteiger partial charge in [-0.3, -0.25) is 4.90 Å². The van der Waals surface area contributed by atoms with Crippen LogP contribution in [0.25, 0.3) is 0 Å². The van der Waals surface area contributed by atoms with E-state index < -0.39 is 0 Å². The van der Waals surface area contributed by atoms with E-state index in [0.29, 0.717) is 5.54 Å². The predicted octanol–water partition coefficient (Wildman–Crippen LogP) is 2.38. The standard InChI is InChI=1S/C14H26N2/c1-2-14(10-15,12-5-6-12)16(13-7-8-13)9-11-3-4-11/h11-13H,2-10,15H2,1H3. The SMILES string of the molecule is CCC(CN)(C1CC1)N(CC1CC1)C1CC1. The quantitative estimate of drug-likeness (QED) is 0.716. The van der Waals surface area contributed by atoms with Gasteiger partial charge in [0.1, 0.15) is 0 Å². The monoisotopic (exact) mass is 222 g/mol. The summed E-state index contributed by atoms with van der Waals surface area (Å²) in [5.41, 5.74) is 6.56. The fraction of sp³-hybridized carbons (Fsp3) is 1.00. The average Bonchev–Trinajstić information content (AvgIpc) is 3.16. The first-order valence-electron chi connectivity index (χ1n) is 7.27. The summed E-state index contributed by atoms with van der Waals surface area (Å²) in [4.78, 5) is 2.85. The molecule has 3 aliphatic carbocycles. The zero-order valence-electron chi connectivity index (χ0n) is 10.6. The third-order valence-corrected chi connectivity index (χ3v) is 5.01. The van der Waals surface area contributed by atoms with Gasteiger partial charge >= 0.3 is 0 Å². The summed E-state index contributed by atoms with van der Waals surface area (Å²) in [5.74, 6) is 1.93. The van der Waals surface area contributed by atoms with E-state index in [9.17, 15) is 0 Å². The second-order valence-corrected chi connectivity index (χ2v) is 6.26. The lowest BCUT2D eigenvalue weighted by molar-refractivity contribution is 0.0548. The van der Waals surface area contributed by atoms with Crippen molar-refractivity contribution in [2.75, 3.05) is 13.1 Å². The van der Waals surface area contributed by atoms with E-state index in [1.54, 1.807) is 0 Å². The topological polar surface area (TPSA) is 29.3 Å².